The molecule has 0 spiro atoms. The molecule has 0 amide bonds. The maximum Gasteiger partial charge on any atom is 0.339 e. The van der Waals surface area contributed by atoms with Crippen LogP contribution in [0.1, 0.15) is 41.6 Å². The van der Waals surface area contributed by atoms with Gasteiger partial charge in [-0.1, -0.05) is 11.6 Å². The lowest BCUT2D eigenvalue weighted by atomic mass is 9.85. The largest absolute Gasteiger partial charge is 0.453 e. The van der Waals surface area contributed by atoms with Gasteiger partial charge in [0.25, 0.3) is 0 Å². The van der Waals surface area contributed by atoms with Crippen molar-refractivity contribution in [3.8, 4) is 0 Å². The van der Waals surface area contributed by atoms with Crippen molar-refractivity contribution >= 4 is 17.6 Å². The summed E-state index contributed by atoms with van der Waals surface area (Å²) in [5.74, 6) is 0.144. The van der Waals surface area contributed by atoms with E-state index in [1.807, 2.05) is 18.4 Å². The van der Waals surface area contributed by atoms with Gasteiger partial charge in [-0.05, 0) is 37.6 Å². The lowest BCUT2D eigenvalue weighted by molar-refractivity contribution is -0.0269. The van der Waals surface area contributed by atoms with Crippen molar-refractivity contribution in [2.75, 3.05) is 0 Å². The molecule has 0 bridgehead atoms. The van der Waals surface area contributed by atoms with Crippen molar-refractivity contribution < 1.29 is 14.6 Å². The molecule has 5 nitrogen and oxygen atoms in total. The second-order valence-corrected chi connectivity index (χ2v) is 5.97. The van der Waals surface area contributed by atoms with Crippen molar-refractivity contribution in [1.82, 2.24) is 9.55 Å². The molecule has 21 heavy (non-hydrogen) atoms. The maximum atomic E-state index is 12.1. The van der Waals surface area contributed by atoms with Crippen LogP contribution in [0, 0.1) is 0 Å². The fourth-order valence-electron chi connectivity index (χ4n) is 2.86. The minimum atomic E-state index is -0.778. The van der Waals surface area contributed by atoms with E-state index in [0.717, 1.165) is 5.56 Å². The van der Waals surface area contributed by atoms with Crippen LogP contribution in [0.2, 0.25) is 5.02 Å². The number of fused-ring (bicyclic) bond motifs is 1. The number of nitrogens with zero attached hydrogens (tertiary/aromatic N) is 2. The number of aliphatic hydroxyl groups is 1. The van der Waals surface area contributed by atoms with Crippen LogP contribution in [-0.4, -0.2) is 26.2 Å². The highest BCUT2D eigenvalue weighted by Gasteiger charge is 2.43. The average Bonchev–Trinajstić information content (AvgIpc) is 2.85. The van der Waals surface area contributed by atoms with Crippen molar-refractivity contribution in [2.45, 2.75) is 32.1 Å². The molecular formula is C15H15ClN2O3. The van der Waals surface area contributed by atoms with Crippen LogP contribution in [-0.2, 0) is 11.3 Å². The van der Waals surface area contributed by atoms with Crippen LogP contribution in [0.3, 0.4) is 0 Å². The molecule has 2 heterocycles. The van der Waals surface area contributed by atoms with Crippen molar-refractivity contribution in [3.63, 3.8) is 0 Å². The summed E-state index contributed by atoms with van der Waals surface area (Å²) in [6.45, 7) is 3.48. The Kier molecular flexibility index (Phi) is 3.26. The summed E-state index contributed by atoms with van der Waals surface area (Å²) in [5, 5.41) is 10.00. The number of imidazole rings is 1. The molecule has 0 saturated heterocycles. The SMILES string of the molecule is CC1(C)OC(=O)c2ccc(Cl)cc2[C@@H]1n1ccnc1CO. The topological polar surface area (TPSA) is 64.4 Å². The zero-order valence-corrected chi connectivity index (χ0v) is 12.5. The molecule has 0 saturated carbocycles. The molecule has 110 valence electrons. The average molecular weight is 307 g/mol. The van der Waals surface area contributed by atoms with E-state index in [0.29, 0.717) is 16.4 Å². The number of halogens is 1. The van der Waals surface area contributed by atoms with Gasteiger partial charge in [0, 0.05) is 17.4 Å². The fourth-order valence-corrected chi connectivity index (χ4v) is 3.04. The van der Waals surface area contributed by atoms with Crippen LogP contribution in [0.15, 0.2) is 30.6 Å². The lowest BCUT2D eigenvalue weighted by Crippen LogP contribution is -2.44. The minimum absolute atomic E-state index is 0.191. The summed E-state index contributed by atoms with van der Waals surface area (Å²) in [5.41, 5.74) is 0.483. The van der Waals surface area contributed by atoms with Crippen LogP contribution < -0.4 is 0 Å². The Morgan fingerprint density at radius 1 is 1.48 bits per heavy atom. The molecule has 6 heteroatoms. The lowest BCUT2D eigenvalue weighted by Gasteiger charge is -2.40. The highest BCUT2D eigenvalue weighted by Crippen LogP contribution is 2.41. The summed E-state index contributed by atoms with van der Waals surface area (Å²) in [6.07, 6.45) is 3.38. The van der Waals surface area contributed by atoms with E-state index >= 15 is 0 Å². The molecule has 0 aliphatic carbocycles. The number of carbonyl (C=O) groups excluding carboxylic acids is 1. The molecule has 0 unspecified atom stereocenters. The van der Waals surface area contributed by atoms with E-state index in [1.54, 1.807) is 30.6 Å². The molecule has 1 N–H and O–H groups in total. The number of ether oxygens (including phenoxy) is 1. The van der Waals surface area contributed by atoms with Crippen LogP contribution >= 0.6 is 11.6 Å². The Hall–Kier alpha value is -1.85. The number of esters is 1. The first kappa shape index (κ1) is 14.1. The third-order valence-electron chi connectivity index (χ3n) is 3.71. The van der Waals surface area contributed by atoms with E-state index in [1.165, 1.54) is 0 Å². The van der Waals surface area contributed by atoms with Gasteiger partial charge >= 0.3 is 5.97 Å². The van der Waals surface area contributed by atoms with E-state index in [4.69, 9.17) is 16.3 Å². The molecule has 0 radical (unpaired) electrons. The van der Waals surface area contributed by atoms with Gasteiger partial charge in [0.05, 0.1) is 11.6 Å². The summed E-state index contributed by atoms with van der Waals surface area (Å²) in [7, 11) is 0. The number of rotatable bonds is 2. The van der Waals surface area contributed by atoms with E-state index in [-0.39, 0.29) is 18.6 Å². The monoisotopic (exact) mass is 306 g/mol. The van der Waals surface area contributed by atoms with E-state index in [9.17, 15) is 9.90 Å². The third kappa shape index (κ3) is 2.22. The van der Waals surface area contributed by atoms with Crippen LogP contribution in [0.25, 0.3) is 0 Å². The van der Waals surface area contributed by atoms with Gasteiger partial charge in [-0.2, -0.15) is 0 Å². The number of aliphatic hydroxyl groups excluding tert-OH is 1. The third-order valence-corrected chi connectivity index (χ3v) is 3.95. The molecule has 2 aromatic rings. The molecule has 1 atom stereocenters. The number of benzene rings is 1. The summed E-state index contributed by atoms with van der Waals surface area (Å²) >= 11 is 6.09. The zero-order valence-electron chi connectivity index (χ0n) is 11.7. The Labute approximate surface area is 127 Å². The summed E-state index contributed by atoms with van der Waals surface area (Å²) < 4.78 is 7.38. The molecule has 1 aliphatic heterocycles. The second kappa shape index (κ2) is 4.86. The first-order chi connectivity index (χ1) is 9.94. The van der Waals surface area contributed by atoms with Crippen LogP contribution in [0.5, 0.6) is 0 Å². The summed E-state index contributed by atoms with van der Waals surface area (Å²) in [4.78, 5) is 16.3. The summed E-state index contributed by atoms with van der Waals surface area (Å²) in [6, 6.07) is 4.80. The van der Waals surface area contributed by atoms with Crippen molar-refractivity contribution in [2.24, 2.45) is 0 Å². The normalized spacial score (nSPS) is 20.0. The van der Waals surface area contributed by atoms with Crippen LogP contribution in [0.4, 0.5) is 0 Å². The Morgan fingerprint density at radius 3 is 2.95 bits per heavy atom. The fraction of sp³-hybridized carbons (Fsp3) is 0.333. The van der Waals surface area contributed by atoms with Gasteiger partial charge in [0.1, 0.15) is 18.0 Å². The Morgan fingerprint density at radius 2 is 2.24 bits per heavy atom. The first-order valence-electron chi connectivity index (χ1n) is 6.59. The Balaban J connectivity index is 2.25. The molecule has 1 aliphatic rings. The van der Waals surface area contributed by atoms with Gasteiger partial charge in [0.2, 0.25) is 0 Å². The predicted octanol–water partition coefficient (Wildman–Crippen LogP) is 2.57. The minimum Gasteiger partial charge on any atom is -0.453 e. The number of carbonyl (C=O) groups is 1. The standard InChI is InChI=1S/C15H15ClN2O3/c1-15(2)13(18-6-5-17-12(18)8-19)11-7-9(16)3-4-10(11)14(20)21-15/h3-7,13,19H,8H2,1-2H3/t13-/m0/s1. The van der Waals surface area contributed by atoms with Gasteiger partial charge in [-0.15, -0.1) is 0 Å². The highest BCUT2D eigenvalue weighted by molar-refractivity contribution is 6.30. The predicted molar refractivity (Wildman–Crippen MR) is 77.2 cm³/mol. The van der Waals surface area contributed by atoms with E-state index < -0.39 is 5.60 Å². The van der Waals surface area contributed by atoms with Gasteiger partial charge in [0.15, 0.2) is 0 Å². The molecule has 1 aromatic carbocycles. The zero-order chi connectivity index (χ0) is 15.2. The first-order valence-corrected chi connectivity index (χ1v) is 6.97. The maximum absolute atomic E-state index is 12.1. The van der Waals surface area contributed by atoms with Gasteiger partial charge in [-0.25, -0.2) is 9.78 Å². The number of hydrogen-bond donors (Lipinski definition) is 1. The smallest absolute Gasteiger partial charge is 0.339 e. The quantitative estimate of drug-likeness (QED) is 0.866. The van der Waals surface area contributed by atoms with Crippen molar-refractivity contribution in [1.29, 1.82) is 0 Å². The van der Waals surface area contributed by atoms with E-state index in [2.05, 4.69) is 4.98 Å². The number of aromatic nitrogens is 2. The molecule has 1 aromatic heterocycles. The molecule has 3 rings (SSSR count). The number of hydrogen-bond acceptors (Lipinski definition) is 4. The van der Waals surface area contributed by atoms with Gasteiger partial charge in [-0.3, -0.25) is 0 Å². The second-order valence-electron chi connectivity index (χ2n) is 5.54. The van der Waals surface area contributed by atoms with Crippen molar-refractivity contribution in [3.05, 3.63) is 52.6 Å². The number of cyclic esters (lactones) is 1. The molecular weight excluding hydrogens is 292 g/mol. The highest BCUT2D eigenvalue weighted by atomic mass is 35.5. The van der Waals surface area contributed by atoms with Gasteiger partial charge < -0.3 is 14.4 Å². The Bertz CT molecular complexity index is 709. The molecule has 0 fully saturated rings.